The van der Waals surface area contributed by atoms with Gasteiger partial charge in [0.2, 0.25) is 11.4 Å². The number of aromatic nitrogens is 2. The fourth-order valence-corrected chi connectivity index (χ4v) is 6.41. The molecule has 1 aliphatic carbocycles. The average Bonchev–Trinajstić information content (AvgIpc) is 2.92. The van der Waals surface area contributed by atoms with Gasteiger partial charge < -0.3 is 0 Å². The number of rotatable bonds is 3. The van der Waals surface area contributed by atoms with Gasteiger partial charge in [-0.3, -0.25) is 0 Å². The molecule has 3 heterocycles. The summed E-state index contributed by atoms with van der Waals surface area (Å²) in [6.45, 7) is 0. The number of aryl methyl sites for hydroxylation is 1. The molecule has 37 heavy (non-hydrogen) atoms. The molecule has 2 aliphatic rings. The van der Waals surface area contributed by atoms with Gasteiger partial charge in [0, 0.05) is 41.7 Å². The van der Waals surface area contributed by atoms with Gasteiger partial charge in [-0.05, 0) is 46.9 Å². The van der Waals surface area contributed by atoms with Crippen molar-refractivity contribution in [1.29, 1.82) is 0 Å². The van der Waals surface area contributed by atoms with Crippen LogP contribution >= 0.6 is 0 Å². The highest BCUT2D eigenvalue weighted by Gasteiger charge is 2.55. The van der Waals surface area contributed by atoms with E-state index < -0.39 is 11.6 Å². The topological polar surface area (TPSA) is 7.76 Å². The molecule has 1 saturated carbocycles. The minimum atomic E-state index is -0.792. The van der Waals surface area contributed by atoms with Crippen molar-refractivity contribution in [2.75, 3.05) is 0 Å². The fraction of sp³-hybridized carbons (Fsp3) is 0.152. The van der Waals surface area contributed by atoms with E-state index in [-0.39, 0.29) is 17.9 Å². The van der Waals surface area contributed by atoms with Crippen molar-refractivity contribution >= 4 is 0 Å². The maximum absolute atomic E-state index is 15.0. The lowest BCUT2D eigenvalue weighted by molar-refractivity contribution is -0.732. The Balaban J connectivity index is 1.35. The molecule has 0 spiro atoms. The van der Waals surface area contributed by atoms with E-state index in [1.54, 1.807) is 6.07 Å². The first kappa shape index (κ1) is 22.1. The molecule has 3 aromatic carbocycles. The van der Waals surface area contributed by atoms with E-state index in [1.165, 1.54) is 28.3 Å². The van der Waals surface area contributed by atoms with Gasteiger partial charge in [-0.15, -0.1) is 0 Å². The molecule has 3 unspecified atom stereocenters. The summed E-state index contributed by atoms with van der Waals surface area (Å²) >= 11 is 0. The Hall–Kier alpha value is -4.18. The number of halogens is 2. The van der Waals surface area contributed by atoms with Crippen LogP contribution < -0.4 is 9.13 Å². The van der Waals surface area contributed by atoms with Crippen molar-refractivity contribution in [3.63, 3.8) is 0 Å². The van der Waals surface area contributed by atoms with Crippen LogP contribution in [0.3, 0.4) is 0 Å². The Kier molecular flexibility index (Phi) is 5.03. The van der Waals surface area contributed by atoms with E-state index in [0.29, 0.717) is 5.56 Å². The molecule has 3 atom stereocenters. The van der Waals surface area contributed by atoms with Crippen molar-refractivity contribution in [1.82, 2.24) is 0 Å². The van der Waals surface area contributed by atoms with Gasteiger partial charge in [0.05, 0.1) is 5.56 Å². The summed E-state index contributed by atoms with van der Waals surface area (Å²) in [5.41, 5.74) is 8.10. The largest absolute Gasteiger partial charge is 0.216 e. The van der Waals surface area contributed by atoms with Crippen molar-refractivity contribution in [3.05, 3.63) is 132 Å². The van der Waals surface area contributed by atoms with Crippen molar-refractivity contribution in [3.8, 4) is 33.6 Å². The number of nitrogens with zero attached hydrogens (tertiary/aromatic N) is 2. The van der Waals surface area contributed by atoms with Crippen LogP contribution in [0.5, 0.6) is 0 Å². The third-order valence-electron chi connectivity index (χ3n) is 8.22. The Morgan fingerprint density at radius 3 is 2.30 bits per heavy atom. The molecule has 180 valence electrons. The van der Waals surface area contributed by atoms with Crippen LogP contribution in [-0.4, -0.2) is 0 Å². The van der Waals surface area contributed by atoms with Gasteiger partial charge in [-0.2, -0.15) is 4.57 Å². The zero-order chi connectivity index (χ0) is 25.1. The summed E-state index contributed by atoms with van der Waals surface area (Å²) in [5, 5.41) is 0. The van der Waals surface area contributed by atoms with Crippen molar-refractivity contribution < 1.29 is 17.9 Å². The van der Waals surface area contributed by atoms with Gasteiger partial charge in [-0.1, -0.05) is 54.6 Å². The molecule has 0 amide bonds. The van der Waals surface area contributed by atoms with Crippen LogP contribution in [0.2, 0.25) is 0 Å². The quantitative estimate of drug-likeness (QED) is 0.244. The molecule has 0 saturated heterocycles. The van der Waals surface area contributed by atoms with Crippen LogP contribution in [0.15, 0.2) is 109 Å². The highest BCUT2D eigenvalue weighted by Crippen LogP contribution is 2.58. The van der Waals surface area contributed by atoms with Crippen molar-refractivity contribution in [2.24, 2.45) is 7.05 Å². The number of pyridine rings is 2. The molecule has 1 fully saturated rings. The Bertz CT molecular complexity index is 1660. The highest BCUT2D eigenvalue weighted by molar-refractivity contribution is 5.71. The number of fused-ring (bicyclic) bond motifs is 6. The molecule has 1 aliphatic heterocycles. The van der Waals surface area contributed by atoms with Crippen LogP contribution in [0.4, 0.5) is 8.78 Å². The number of hydrogen-bond donors (Lipinski definition) is 0. The number of hydrogen-bond acceptors (Lipinski definition) is 0. The first-order valence-corrected chi connectivity index (χ1v) is 12.7. The molecule has 7 rings (SSSR count). The third kappa shape index (κ3) is 3.36. The summed E-state index contributed by atoms with van der Waals surface area (Å²) in [5.74, 6) is -1.13. The summed E-state index contributed by atoms with van der Waals surface area (Å²) in [7, 11) is 2.09. The fourth-order valence-electron chi connectivity index (χ4n) is 6.41. The third-order valence-corrected chi connectivity index (χ3v) is 8.22. The van der Waals surface area contributed by atoms with Gasteiger partial charge in [-0.25, -0.2) is 13.3 Å². The van der Waals surface area contributed by atoms with Gasteiger partial charge >= 0.3 is 0 Å². The van der Waals surface area contributed by atoms with E-state index in [2.05, 4.69) is 83.0 Å². The van der Waals surface area contributed by atoms with Crippen LogP contribution in [0.25, 0.3) is 33.6 Å². The summed E-state index contributed by atoms with van der Waals surface area (Å²) in [6, 6.07) is 32.5. The van der Waals surface area contributed by atoms with Gasteiger partial charge in [0.15, 0.2) is 30.1 Å². The Morgan fingerprint density at radius 1 is 0.676 bits per heavy atom. The molecule has 0 radical (unpaired) electrons. The predicted octanol–water partition coefficient (Wildman–Crippen LogP) is 6.90. The zero-order valence-corrected chi connectivity index (χ0v) is 20.5. The first-order valence-electron chi connectivity index (χ1n) is 12.7. The Morgan fingerprint density at radius 2 is 1.43 bits per heavy atom. The maximum Gasteiger partial charge on any atom is 0.216 e. The lowest BCUT2D eigenvalue weighted by Gasteiger charge is -2.44. The molecular formula is C33H26F2N2+2. The average molecular weight is 489 g/mol. The van der Waals surface area contributed by atoms with Crippen LogP contribution in [0, 0.1) is 11.6 Å². The molecule has 5 aromatic rings. The first-order chi connectivity index (χ1) is 18.1. The number of benzene rings is 3. The SMILES string of the molecule is C[n+]1ccc(-c2ccccc2)cc1-c1ccccc1C1CC2c3ccc(F)c(F)c3-c3cccc[n+]3C12. The molecule has 4 heteroatoms. The molecule has 2 nitrogen and oxygen atoms in total. The normalized spacial score (nSPS) is 19.4. The highest BCUT2D eigenvalue weighted by atomic mass is 19.2. The smallest absolute Gasteiger partial charge is 0.204 e. The molecule has 0 bridgehead atoms. The van der Waals surface area contributed by atoms with Crippen LogP contribution in [-0.2, 0) is 7.05 Å². The van der Waals surface area contributed by atoms with E-state index in [4.69, 9.17) is 0 Å². The van der Waals surface area contributed by atoms with Gasteiger partial charge in [0.1, 0.15) is 7.05 Å². The zero-order valence-electron chi connectivity index (χ0n) is 20.5. The standard InChI is InChI=1S/C33H26F2N2/c1-36-18-16-22(21-9-3-2-4-10-21)19-30(36)24-12-6-5-11-23(24)26-20-27-25-14-15-28(34)32(35)31(25)29-13-7-8-17-37(29)33(26)27/h2-19,26-27,33H,20H2,1H3/q+2. The minimum Gasteiger partial charge on any atom is -0.204 e. The summed E-state index contributed by atoms with van der Waals surface area (Å²) in [4.78, 5) is 0. The second-order valence-electron chi connectivity index (χ2n) is 10.1. The molecule has 2 aromatic heterocycles. The second kappa shape index (κ2) is 8.45. The van der Waals surface area contributed by atoms with E-state index in [1.807, 2.05) is 30.5 Å². The monoisotopic (exact) mass is 488 g/mol. The van der Waals surface area contributed by atoms with E-state index in [9.17, 15) is 4.39 Å². The van der Waals surface area contributed by atoms with Crippen molar-refractivity contribution in [2.45, 2.75) is 24.3 Å². The van der Waals surface area contributed by atoms with Gasteiger partial charge in [0.25, 0.3) is 0 Å². The molecule has 0 N–H and O–H groups in total. The maximum atomic E-state index is 15.0. The molecular weight excluding hydrogens is 462 g/mol. The lowest BCUT2D eigenvalue weighted by Crippen LogP contribution is -2.55. The lowest BCUT2D eigenvalue weighted by atomic mass is 9.60. The Labute approximate surface area is 215 Å². The minimum absolute atomic E-state index is 0.146. The predicted molar refractivity (Wildman–Crippen MR) is 140 cm³/mol. The van der Waals surface area contributed by atoms with E-state index >= 15 is 4.39 Å². The van der Waals surface area contributed by atoms with E-state index in [0.717, 1.165) is 23.4 Å². The second-order valence-corrected chi connectivity index (χ2v) is 10.1. The van der Waals surface area contributed by atoms with Crippen LogP contribution in [0.1, 0.15) is 35.4 Å². The summed E-state index contributed by atoms with van der Waals surface area (Å²) in [6.07, 6.45) is 5.03. The summed E-state index contributed by atoms with van der Waals surface area (Å²) < 4.78 is 33.6.